The average molecular weight is 325 g/mol. The van der Waals surface area contributed by atoms with Gasteiger partial charge in [0.25, 0.3) is 5.69 Å². The Balaban J connectivity index is 2.06. The summed E-state index contributed by atoms with van der Waals surface area (Å²) in [6, 6.07) is 8.88. The van der Waals surface area contributed by atoms with Crippen LogP contribution in [0.4, 0.5) is 5.69 Å². The molecule has 112 valence electrons. The zero-order valence-corrected chi connectivity index (χ0v) is 13.5. The average Bonchev–Trinajstić information content (AvgIpc) is 2.95. The Morgan fingerprint density at radius 1 is 1.33 bits per heavy atom. The van der Waals surface area contributed by atoms with E-state index in [0.29, 0.717) is 17.1 Å². The van der Waals surface area contributed by atoms with Crippen molar-refractivity contribution in [2.45, 2.75) is 25.8 Å². The van der Waals surface area contributed by atoms with Crippen LogP contribution in [0.1, 0.15) is 24.3 Å². The summed E-state index contributed by atoms with van der Waals surface area (Å²) in [5.74, 6) is 0. The molecule has 4 nitrogen and oxygen atoms in total. The maximum absolute atomic E-state index is 11.0. The minimum absolute atomic E-state index is 0.0236. The van der Waals surface area contributed by atoms with E-state index in [9.17, 15) is 10.1 Å². The summed E-state index contributed by atoms with van der Waals surface area (Å²) >= 11 is 7.79. The Hall–Kier alpha value is -1.43. The van der Waals surface area contributed by atoms with E-state index in [1.165, 1.54) is 10.9 Å². The predicted molar refractivity (Wildman–Crippen MR) is 87.2 cm³/mol. The fraction of sp³-hybridized carbons (Fsp3) is 0.333. The molecule has 1 heterocycles. The second-order valence-electron chi connectivity index (χ2n) is 5.46. The summed E-state index contributed by atoms with van der Waals surface area (Å²) < 4.78 is 0. The van der Waals surface area contributed by atoms with E-state index < -0.39 is 4.92 Å². The van der Waals surface area contributed by atoms with Gasteiger partial charge in [-0.15, -0.1) is 11.3 Å². The van der Waals surface area contributed by atoms with Gasteiger partial charge in [-0.1, -0.05) is 37.6 Å². The summed E-state index contributed by atoms with van der Waals surface area (Å²) in [5.41, 5.74) is 0.569. The van der Waals surface area contributed by atoms with Gasteiger partial charge in [0, 0.05) is 29.4 Å². The lowest BCUT2D eigenvalue weighted by Crippen LogP contribution is -2.32. The third-order valence-corrected chi connectivity index (χ3v) is 4.94. The molecule has 1 aromatic heterocycles. The topological polar surface area (TPSA) is 55.2 Å². The second kappa shape index (κ2) is 6.56. The van der Waals surface area contributed by atoms with E-state index in [0.717, 1.165) is 6.54 Å². The van der Waals surface area contributed by atoms with Crippen LogP contribution in [0.25, 0.3) is 0 Å². The maximum atomic E-state index is 11.0. The summed E-state index contributed by atoms with van der Waals surface area (Å²) in [6.07, 6.45) is 0. The first-order valence-electron chi connectivity index (χ1n) is 6.58. The zero-order chi connectivity index (χ0) is 15.5. The monoisotopic (exact) mass is 324 g/mol. The molecule has 0 aliphatic heterocycles. The molecule has 0 bridgehead atoms. The number of nitro groups is 1. The van der Waals surface area contributed by atoms with Crippen LogP contribution in [0.2, 0.25) is 5.02 Å². The highest BCUT2D eigenvalue weighted by atomic mass is 35.5. The molecule has 0 aliphatic rings. The van der Waals surface area contributed by atoms with Gasteiger partial charge in [0.15, 0.2) is 0 Å². The molecule has 0 unspecified atom stereocenters. The third-order valence-electron chi connectivity index (χ3n) is 3.35. The Bertz CT molecular complexity index is 627. The fourth-order valence-electron chi connectivity index (χ4n) is 2.14. The van der Waals surface area contributed by atoms with Crippen molar-refractivity contribution in [1.29, 1.82) is 0 Å². The minimum atomic E-state index is -0.396. The van der Waals surface area contributed by atoms with Gasteiger partial charge in [-0.3, -0.25) is 10.1 Å². The molecule has 1 aromatic carbocycles. The lowest BCUT2D eigenvalue weighted by molar-refractivity contribution is -0.385. The van der Waals surface area contributed by atoms with Crippen LogP contribution in [0.15, 0.2) is 35.7 Å². The first kappa shape index (κ1) is 15.9. The highest BCUT2D eigenvalue weighted by Gasteiger charge is 2.22. The van der Waals surface area contributed by atoms with Crippen molar-refractivity contribution < 1.29 is 4.92 Å². The number of hydrogen-bond acceptors (Lipinski definition) is 4. The molecule has 0 radical (unpaired) electrons. The molecule has 0 atom stereocenters. The van der Waals surface area contributed by atoms with E-state index in [4.69, 9.17) is 11.6 Å². The Kier molecular flexibility index (Phi) is 4.98. The van der Waals surface area contributed by atoms with Crippen LogP contribution in [0.5, 0.6) is 0 Å². The molecule has 1 N–H and O–H groups in total. The third kappa shape index (κ3) is 3.81. The van der Waals surface area contributed by atoms with E-state index in [1.54, 1.807) is 23.5 Å². The van der Waals surface area contributed by atoms with Crippen molar-refractivity contribution in [3.8, 4) is 0 Å². The number of thiophene rings is 1. The molecule has 0 amide bonds. The van der Waals surface area contributed by atoms with Crippen LogP contribution >= 0.6 is 22.9 Å². The normalized spacial score (nSPS) is 11.6. The molecule has 0 fully saturated rings. The van der Waals surface area contributed by atoms with Crippen molar-refractivity contribution >= 4 is 28.6 Å². The number of nitrogens with zero attached hydrogens (tertiary/aromatic N) is 1. The fourth-order valence-corrected chi connectivity index (χ4v) is 3.23. The van der Waals surface area contributed by atoms with Gasteiger partial charge >= 0.3 is 0 Å². The van der Waals surface area contributed by atoms with Crippen LogP contribution in [-0.4, -0.2) is 11.5 Å². The van der Waals surface area contributed by atoms with Crippen LogP contribution < -0.4 is 5.32 Å². The molecular weight excluding hydrogens is 308 g/mol. The number of nitro benzene ring substituents is 1. The summed E-state index contributed by atoms with van der Waals surface area (Å²) in [4.78, 5) is 11.9. The highest BCUT2D eigenvalue weighted by Crippen LogP contribution is 2.28. The van der Waals surface area contributed by atoms with Gasteiger partial charge in [-0.25, -0.2) is 0 Å². The van der Waals surface area contributed by atoms with Crippen molar-refractivity contribution in [3.63, 3.8) is 0 Å². The van der Waals surface area contributed by atoms with Crippen molar-refractivity contribution in [2.24, 2.45) is 0 Å². The summed E-state index contributed by atoms with van der Waals surface area (Å²) in [5, 5.41) is 16.8. The molecule has 0 aliphatic carbocycles. The number of benzene rings is 1. The summed E-state index contributed by atoms with van der Waals surface area (Å²) in [6.45, 7) is 5.39. The Morgan fingerprint density at radius 2 is 2.10 bits per heavy atom. The van der Waals surface area contributed by atoms with Crippen LogP contribution in [0, 0.1) is 10.1 Å². The van der Waals surface area contributed by atoms with E-state index in [1.807, 2.05) is 6.07 Å². The SMILES string of the molecule is CC(C)(CNCc1c(Cl)cccc1[N+](=O)[O-])c1cccs1. The lowest BCUT2D eigenvalue weighted by Gasteiger charge is -2.23. The minimum Gasteiger partial charge on any atom is -0.311 e. The largest absolute Gasteiger partial charge is 0.311 e. The number of rotatable bonds is 6. The molecule has 0 saturated heterocycles. The maximum Gasteiger partial charge on any atom is 0.275 e. The van der Waals surface area contributed by atoms with Gasteiger partial charge in [-0.05, 0) is 17.5 Å². The molecule has 0 saturated carbocycles. The van der Waals surface area contributed by atoms with Gasteiger partial charge < -0.3 is 5.32 Å². The first-order valence-corrected chi connectivity index (χ1v) is 7.84. The Labute approximate surface area is 132 Å². The highest BCUT2D eigenvalue weighted by molar-refractivity contribution is 7.10. The molecule has 2 rings (SSSR count). The van der Waals surface area contributed by atoms with Gasteiger partial charge in [-0.2, -0.15) is 0 Å². The Morgan fingerprint density at radius 3 is 2.71 bits per heavy atom. The van der Waals surface area contributed by atoms with Crippen molar-refractivity contribution in [3.05, 3.63) is 61.3 Å². The lowest BCUT2D eigenvalue weighted by atomic mass is 9.91. The van der Waals surface area contributed by atoms with Crippen molar-refractivity contribution in [2.75, 3.05) is 6.54 Å². The van der Waals surface area contributed by atoms with Crippen molar-refractivity contribution in [1.82, 2.24) is 5.32 Å². The zero-order valence-electron chi connectivity index (χ0n) is 11.9. The molecule has 2 aromatic rings. The number of halogens is 1. The van der Waals surface area contributed by atoms with Crippen LogP contribution in [-0.2, 0) is 12.0 Å². The quantitative estimate of drug-likeness (QED) is 0.633. The molecule has 21 heavy (non-hydrogen) atoms. The summed E-state index contributed by atoms with van der Waals surface area (Å²) in [7, 11) is 0. The smallest absolute Gasteiger partial charge is 0.275 e. The van der Waals surface area contributed by atoms with E-state index in [2.05, 4.69) is 30.6 Å². The van der Waals surface area contributed by atoms with Gasteiger partial charge in [0.1, 0.15) is 0 Å². The van der Waals surface area contributed by atoms with E-state index in [-0.39, 0.29) is 11.1 Å². The molecule has 6 heteroatoms. The van der Waals surface area contributed by atoms with Gasteiger partial charge in [0.05, 0.1) is 15.5 Å². The standard InChI is InChI=1S/C15H17ClN2O2S/c1-15(2,14-7-4-8-21-14)10-17-9-11-12(16)5-3-6-13(11)18(19)20/h3-8,17H,9-10H2,1-2H3. The van der Waals surface area contributed by atoms with E-state index >= 15 is 0 Å². The van der Waals surface area contributed by atoms with Crippen LogP contribution in [0.3, 0.4) is 0 Å². The molecular formula is C15H17ClN2O2S. The number of hydrogen-bond donors (Lipinski definition) is 1. The second-order valence-corrected chi connectivity index (χ2v) is 6.81. The van der Waals surface area contributed by atoms with Gasteiger partial charge in [0.2, 0.25) is 0 Å². The number of nitrogens with one attached hydrogen (secondary N) is 1. The predicted octanol–water partition coefficient (Wildman–Crippen LogP) is 4.38. The first-order chi connectivity index (χ1) is 9.92. The molecule has 0 spiro atoms.